The molecular weight excluding hydrogens is 256 g/mol. The van der Waals surface area contributed by atoms with E-state index in [2.05, 4.69) is 10.1 Å². The summed E-state index contributed by atoms with van der Waals surface area (Å²) in [7, 11) is 1.36. The maximum atomic E-state index is 11.5. The second-order valence-corrected chi connectivity index (χ2v) is 4.16. The fraction of sp³-hybridized carbons (Fsp3) is 0.545. The van der Waals surface area contributed by atoms with E-state index in [1.54, 1.807) is 4.57 Å². The third-order valence-electron chi connectivity index (χ3n) is 2.81. The predicted molar refractivity (Wildman–Crippen MR) is 67.5 cm³/mol. The van der Waals surface area contributed by atoms with Gasteiger partial charge in [0.2, 0.25) is 0 Å². The molecule has 18 heavy (non-hydrogen) atoms. The van der Waals surface area contributed by atoms with Crippen molar-refractivity contribution in [2.24, 2.45) is 0 Å². The normalized spacial score (nSPS) is 11.1. The number of carbonyl (C=O) groups excluding carboxylic acids is 1. The highest BCUT2D eigenvalue weighted by Crippen LogP contribution is 2.20. The third kappa shape index (κ3) is 1.96. The molecule has 0 aliphatic rings. The van der Waals surface area contributed by atoms with E-state index < -0.39 is 0 Å². The maximum absolute atomic E-state index is 11.5. The Bertz CT molecular complexity index is 587. The quantitative estimate of drug-likeness (QED) is 0.624. The number of nitrogens with zero attached hydrogens (tertiary/aromatic N) is 4. The predicted octanol–water partition coefficient (Wildman–Crippen LogP) is 1.47. The number of aromatic nitrogens is 4. The van der Waals surface area contributed by atoms with E-state index in [1.807, 2.05) is 18.5 Å². The van der Waals surface area contributed by atoms with Crippen LogP contribution < -0.4 is 0 Å². The van der Waals surface area contributed by atoms with Crippen molar-refractivity contribution in [2.75, 3.05) is 7.11 Å². The zero-order chi connectivity index (χ0) is 13.3. The van der Waals surface area contributed by atoms with Crippen LogP contribution in [0.4, 0.5) is 0 Å². The van der Waals surface area contributed by atoms with Crippen LogP contribution in [0.3, 0.4) is 0 Å². The summed E-state index contributed by atoms with van der Waals surface area (Å²) in [6.07, 6.45) is 0. The van der Waals surface area contributed by atoms with Crippen molar-refractivity contribution in [3.63, 3.8) is 0 Å². The third-order valence-corrected chi connectivity index (χ3v) is 3.05. The number of ether oxygens (including phenoxy) is 1. The van der Waals surface area contributed by atoms with Crippen molar-refractivity contribution in [3.05, 3.63) is 11.5 Å². The standard InChI is InChI=1S/C11H15ClN4O2/c1-4-16-11-10(7(2)14-16)13-8(5-12)15(11)6-9(17)18-3/h4-6H2,1-3H3. The molecule has 0 saturated heterocycles. The van der Waals surface area contributed by atoms with Crippen molar-refractivity contribution in [1.29, 1.82) is 0 Å². The van der Waals surface area contributed by atoms with E-state index in [0.29, 0.717) is 12.4 Å². The molecule has 2 rings (SSSR count). The molecule has 2 heterocycles. The highest BCUT2D eigenvalue weighted by Gasteiger charge is 2.19. The summed E-state index contributed by atoms with van der Waals surface area (Å²) in [5.41, 5.74) is 2.44. The van der Waals surface area contributed by atoms with Crippen LogP contribution in [0.2, 0.25) is 0 Å². The number of methoxy groups -OCH3 is 1. The van der Waals surface area contributed by atoms with Gasteiger partial charge in [0.25, 0.3) is 0 Å². The van der Waals surface area contributed by atoms with Gasteiger partial charge in [0, 0.05) is 6.54 Å². The summed E-state index contributed by atoms with van der Waals surface area (Å²) in [5, 5.41) is 4.38. The number of rotatable bonds is 4. The Balaban J connectivity index is 2.62. The summed E-state index contributed by atoms with van der Waals surface area (Å²) >= 11 is 5.87. The first-order chi connectivity index (χ1) is 8.62. The van der Waals surface area contributed by atoms with E-state index in [1.165, 1.54) is 7.11 Å². The monoisotopic (exact) mass is 270 g/mol. The Labute approximate surface area is 109 Å². The first-order valence-electron chi connectivity index (χ1n) is 5.67. The average molecular weight is 271 g/mol. The summed E-state index contributed by atoms with van der Waals surface area (Å²) < 4.78 is 8.27. The van der Waals surface area contributed by atoms with E-state index in [0.717, 1.165) is 16.9 Å². The lowest BCUT2D eigenvalue weighted by Crippen LogP contribution is -2.15. The van der Waals surface area contributed by atoms with E-state index in [4.69, 9.17) is 16.3 Å². The molecule has 6 nitrogen and oxygen atoms in total. The van der Waals surface area contributed by atoms with Crippen molar-refractivity contribution < 1.29 is 9.53 Å². The molecule has 0 saturated carbocycles. The van der Waals surface area contributed by atoms with Crippen molar-refractivity contribution in [3.8, 4) is 0 Å². The van der Waals surface area contributed by atoms with Crippen LogP contribution in [0.25, 0.3) is 11.2 Å². The Kier molecular flexibility index (Phi) is 3.56. The van der Waals surface area contributed by atoms with E-state index in [9.17, 15) is 4.79 Å². The summed E-state index contributed by atoms with van der Waals surface area (Å²) in [6.45, 7) is 4.68. The minimum Gasteiger partial charge on any atom is -0.468 e. The molecule has 2 aromatic rings. The first kappa shape index (κ1) is 12.9. The topological polar surface area (TPSA) is 61.9 Å². The smallest absolute Gasteiger partial charge is 0.325 e. The van der Waals surface area contributed by atoms with E-state index >= 15 is 0 Å². The molecule has 7 heteroatoms. The fourth-order valence-electron chi connectivity index (χ4n) is 1.95. The van der Waals surface area contributed by atoms with Crippen molar-refractivity contribution in [2.45, 2.75) is 32.8 Å². The van der Waals surface area contributed by atoms with Gasteiger partial charge in [-0.05, 0) is 13.8 Å². The molecule has 0 atom stereocenters. The Hall–Kier alpha value is -1.56. The zero-order valence-corrected chi connectivity index (χ0v) is 11.4. The lowest BCUT2D eigenvalue weighted by Gasteiger charge is -2.07. The Morgan fingerprint density at radius 3 is 2.78 bits per heavy atom. The van der Waals surface area contributed by atoms with Gasteiger partial charge in [-0.2, -0.15) is 5.10 Å². The van der Waals surface area contributed by atoms with Gasteiger partial charge in [-0.3, -0.25) is 4.79 Å². The molecular formula is C11H15ClN4O2. The second kappa shape index (κ2) is 4.97. The van der Waals surface area contributed by atoms with Crippen LogP contribution in [0.15, 0.2) is 0 Å². The molecule has 0 amide bonds. The van der Waals surface area contributed by atoms with Crippen LogP contribution >= 0.6 is 11.6 Å². The fourth-order valence-corrected chi connectivity index (χ4v) is 2.16. The maximum Gasteiger partial charge on any atom is 0.325 e. The first-order valence-corrected chi connectivity index (χ1v) is 6.21. The van der Waals surface area contributed by atoms with Crippen LogP contribution in [-0.4, -0.2) is 32.4 Å². The molecule has 0 radical (unpaired) electrons. The lowest BCUT2D eigenvalue weighted by atomic mass is 10.4. The number of carbonyl (C=O) groups is 1. The SMILES string of the molecule is CCn1nc(C)c2nc(CCl)n(CC(=O)OC)c21. The van der Waals surface area contributed by atoms with Crippen LogP contribution in [0.1, 0.15) is 18.4 Å². The zero-order valence-electron chi connectivity index (χ0n) is 10.6. The lowest BCUT2D eigenvalue weighted by molar-refractivity contribution is -0.141. The Morgan fingerprint density at radius 1 is 1.50 bits per heavy atom. The summed E-state index contributed by atoms with van der Waals surface area (Å²) in [6, 6.07) is 0. The second-order valence-electron chi connectivity index (χ2n) is 3.90. The van der Waals surface area contributed by atoms with Gasteiger partial charge in [-0.1, -0.05) is 0 Å². The number of hydrogen-bond acceptors (Lipinski definition) is 4. The van der Waals surface area contributed by atoms with Gasteiger partial charge in [-0.15, -0.1) is 11.6 Å². The highest BCUT2D eigenvalue weighted by atomic mass is 35.5. The molecule has 0 N–H and O–H groups in total. The van der Waals surface area contributed by atoms with Gasteiger partial charge in [-0.25, -0.2) is 9.67 Å². The van der Waals surface area contributed by atoms with Gasteiger partial charge < -0.3 is 9.30 Å². The molecule has 98 valence electrons. The summed E-state index contributed by atoms with van der Waals surface area (Å²) in [5.74, 6) is 0.566. The minimum absolute atomic E-state index is 0.0974. The number of hydrogen-bond donors (Lipinski definition) is 0. The van der Waals surface area contributed by atoms with Crippen LogP contribution in [-0.2, 0) is 28.5 Å². The van der Waals surface area contributed by atoms with Crippen molar-refractivity contribution in [1.82, 2.24) is 19.3 Å². The van der Waals surface area contributed by atoms with Crippen LogP contribution in [0, 0.1) is 6.92 Å². The van der Waals surface area contributed by atoms with Gasteiger partial charge >= 0.3 is 5.97 Å². The number of alkyl halides is 1. The van der Waals surface area contributed by atoms with Gasteiger partial charge in [0.15, 0.2) is 5.65 Å². The summed E-state index contributed by atoms with van der Waals surface area (Å²) in [4.78, 5) is 15.9. The van der Waals surface area contributed by atoms with Gasteiger partial charge in [0.1, 0.15) is 17.9 Å². The van der Waals surface area contributed by atoms with E-state index in [-0.39, 0.29) is 18.4 Å². The molecule has 0 bridgehead atoms. The van der Waals surface area contributed by atoms with Gasteiger partial charge in [0.05, 0.1) is 18.7 Å². The molecule has 0 aromatic carbocycles. The molecule has 0 aliphatic carbocycles. The molecule has 0 unspecified atom stereocenters. The largest absolute Gasteiger partial charge is 0.468 e. The molecule has 2 aromatic heterocycles. The number of fused-ring (bicyclic) bond motifs is 1. The van der Waals surface area contributed by atoms with Crippen LogP contribution in [0.5, 0.6) is 0 Å². The molecule has 0 spiro atoms. The molecule has 0 fully saturated rings. The highest BCUT2D eigenvalue weighted by molar-refractivity contribution is 6.16. The Morgan fingerprint density at radius 2 is 2.22 bits per heavy atom. The number of aryl methyl sites for hydroxylation is 2. The number of halogens is 1. The van der Waals surface area contributed by atoms with Crippen molar-refractivity contribution >= 4 is 28.7 Å². The molecule has 0 aliphatic heterocycles. The number of imidazole rings is 1. The average Bonchev–Trinajstić information content (AvgIpc) is 2.88. The minimum atomic E-state index is -0.331. The number of esters is 1.